The van der Waals surface area contributed by atoms with Gasteiger partial charge in [-0.3, -0.25) is 48.1 Å². The summed E-state index contributed by atoms with van der Waals surface area (Å²) in [6, 6.07) is 9.95. The first-order valence-corrected chi connectivity index (χ1v) is 26.0. The number of hydrogen-bond acceptors (Lipinski definition) is 14. The van der Waals surface area contributed by atoms with Crippen LogP contribution in [0, 0.1) is 18.7 Å². The number of unbranched alkanes of at least 4 members (excludes halogenated alkanes) is 2. The van der Waals surface area contributed by atoms with E-state index in [1.807, 2.05) is 0 Å². The molecule has 8 amide bonds. The number of fused-ring (bicyclic) bond motifs is 5. The fourth-order valence-corrected chi connectivity index (χ4v) is 10.6. The Hall–Kier alpha value is -8.18. The lowest BCUT2D eigenvalue weighted by Crippen LogP contribution is -2.52. The van der Waals surface area contributed by atoms with E-state index in [2.05, 4.69) is 26.6 Å². The number of nitrogens with one attached hydrogen (secondary N) is 5. The Labute approximate surface area is 446 Å². The van der Waals surface area contributed by atoms with Crippen LogP contribution in [0.1, 0.15) is 96.9 Å². The summed E-state index contributed by atoms with van der Waals surface area (Å²) in [5.41, 5.74) is 1.93. The maximum absolute atomic E-state index is 15.5. The standard InChI is InChI=1S/C55H60FN9O13/c1-29-32-15-16-39(48-33-26-65-40(49(33)62-37(47(32)48)22-36(29)56)21-35-34(52(65)73)27-77-54(75)55(35,2)76)63(3)53(74)50(31-13-14-31)78-28-60-43(68)24-59-51(72)38(20-30-10-6-4-7-11-30)61-44(69)25-58-42(67)23-57-41(66)12-8-5-9-19-64-45(70)17-18-46(64)71/h4,6-7,10-11,17-18,21-22,31,38-39,50,76H,5,8-9,12-16,19-20,23-28H2,1-3H3,(H,57,66)(H,58,67)(H,59,72)(H,60,68)(H,61,69)/t38-,39-,50-,55-/m0/s1. The lowest BCUT2D eigenvalue weighted by Gasteiger charge is -2.36. The molecule has 9 rings (SSSR count). The zero-order valence-electron chi connectivity index (χ0n) is 43.3. The van der Waals surface area contributed by atoms with Gasteiger partial charge in [0, 0.05) is 61.2 Å². The zero-order chi connectivity index (χ0) is 55.6. The Bertz CT molecular complexity index is 3230. The number of carbonyl (C=O) groups is 9. The van der Waals surface area contributed by atoms with Gasteiger partial charge in [0.25, 0.3) is 23.3 Å². The van der Waals surface area contributed by atoms with E-state index in [0.717, 1.165) is 10.5 Å². The van der Waals surface area contributed by atoms with Gasteiger partial charge in [0.1, 0.15) is 31.3 Å². The van der Waals surface area contributed by atoms with Crippen LogP contribution in [0.5, 0.6) is 0 Å². The first-order valence-electron chi connectivity index (χ1n) is 26.0. The Morgan fingerprint density at radius 3 is 2.29 bits per heavy atom. The number of aryl methyl sites for hydroxylation is 1. The molecule has 0 bridgehead atoms. The predicted molar refractivity (Wildman–Crippen MR) is 274 cm³/mol. The first-order chi connectivity index (χ1) is 37.3. The van der Waals surface area contributed by atoms with Crippen molar-refractivity contribution in [1.82, 2.24) is 45.9 Å². The average molecular weight is 1070 g/mol. The number of likely N-dealkylation sites (N-methyl/N-ethyl adjacent to an activating group) is 1. The summed E-state index contributed by atoms with van der Waals surface area (Å²) in [6.07, 6.45) is 5.35. The molecule has 410 valence electrons. The molecule has 6 N–H and O–H groups in total. The summed E-state index contributed by atoms with van der Waals surface area (Å²) < 4.78 is 28.3. The van der Waals surface area contributed by atoms with Crippen molar-refractivity contribution < 1.29 is 62.1 Å². The van der Waals surface area contributed by atoms with Crippen LogP contribution >= 0.6 is 0 Å². The number of pyridine rings is 2. The van der Waals surface area contributed by atoms with Gasteiger partial charge < -0.3 is 50.6 Å². The van der Waals surface area contributed by atoms with Gasteiger partial charge in [0.2, 0.25) is 29.5 Å². The molecule has 23 heteroatoms. The molecule has 4 atom stereocenters. The van der Waals surface area contributed by atoms with E-state index in [-0.39, 0.29) is 74.0 Å². The molecule has 5 heterocycles. The maximum atomic E-state index is 15.5. The van der Waals surface area contributed by atoms with Crippen LogP contribution in [0.15, 0.2) is 59.4 Å². The maximum Gasteiger partial charge on any atom is 0.342 e. The van der Waals surface area contributed by atoms with Crippen molar-refractivity contribution in [1.29, 1.82) is 0 Å². The van der Waals surface area contributed by atoms with Crippen molar-refractivity contribution in [3.8, 4) is 11.4 Å². The highest BCUT2D eigenvalue weighted by molar-refractivity contribution is 6.12. The summed E-state index contributed by atoms with van der Waals surface area (Å²) in [5.74, 6) is -5.72. The molecule has 5 aliphatic rings. The van der Waals surface area contributed by atoms with Crippen molar-refractivity contribution in [2.75, 3.05) is 40.0 Å². The largest absolute Gasteiger partial charge is 0.458 e. The molecule has 1 saturated carbocycles. The number of carbonyl (C=O) groups excluding carboxylic acids is 9. The Morgan fingerprint density at radius 2 is 1.56 bits per heavy atom. The summed E-state index contributed by atoms with van der Waals surface area (Å²) in [5, 5.41) is 24.5. The van der Waals surface area contributed by atoms with Crippen molar-refractivity contribution in [3.63, 3.8) is 0 Å². The van der Waals surface area contributed by atoms with Crippen molar-refractivity contribution in [3.05, 3.63) is 110 Å². The van der Waals surface area contributed by atoms with E-state index in [1.54, 1.807) is 55.3 Å². The average Bonchev–Trinajstić information content (AvgIpc) is 4.28. The fourth-order valence-electron chi connectivity index (χ4n) is 10.6. The molecule has 0 unspecified atom stereocenters. The fraction of sp³-hybridized carbons (Fsp3) is 0.436. The molecule has 1 fully saturated rings. The number of imide groups is 1. The smallest absolute Gasteiger partial charge is 0.342 e. The predicted octanol–water partition coefficient (Wildman–Crippen LogP) is 1.01. The van der Waals surface area contributed by atoms with Crippen LogP contribution in [-0.4, -0.2) is 130 Å². The van der Waals surface area contributed by atoms with Crippen molar-refractivity contribution in [2.24, 2.45) is 5.92 Å². The second kappa shape index (κ2) is 22.8. The van der Waals surface area contributed by atoms with Gasteiger partial charge in [-0.2, -0.15) is 0 Å². The third-order valence-electron chi connectivity index (χ3n) is 15.1. The number of nitrogens with zero attached hydrogens (tertiary/aromatic N) is 4. The summed E-state index contributed by atoms with van der Waals surface area (Å²) in [6.45, 7) is 1.12. The van der Waals surface area contributed by atoms with Crippen molar-refractivity contribution in [2.45, 2.75) is 109 Å². The molecule has 0 radical (unpaired) electrons. The molecule has 0 spiro atoms. The van der Waals surface area contributed by atoms with Crippen LogP contribution in [-0.2, 0) is 84.2 Å². The van der Waals surface area contributed by atoms with Gasteiger partial charge in [-0.25, -0.2) is 14.2 Å². The zero-order valence-corrected chi connectivity index (χ0v) is 43.3. The second-order valence-electron chi connectivity index (χ2n) is 20.4. The van der Waals surface area contributed by atoms with Crippen LogP contribution in [0.25, 0.3) is 22.3 Å². The Kier molecular flexibility index (Phi) is 16.0. The number of amides is 8. The van der Waals surface area contributed by atoms with Gasteiger partial charge in [-0.05, 0) is 86.6 Å². The summed E-state index contributed by atoms with van der Waals surface area (Å²) >= 11 is 0. The molecular weight excluding hydrogens is 1010 g/mol. The minimum absolute atomic E-state index is 0.0401. The van der Waals surface area contributed by atoms with Crippen LogP contribution < -0.4 is 32.1 Å². The van der Waals surface area contributed by atoms with Gasteiger partial charge in [0.15, 0.2) is 5.60 Å². The topological polar surface area (TPSA) is 294 Å². The SMILES string of the molecule is Cc1c(F)cc2nc3c(c4c2c1CC[C@@H]4N(C)C(=O)[C@@H](OCNC(=O)CNC(=O)[C@H](Cc1ccccc1)NC(=O)CNC(=O)CNC(=O)CCCCCN1C(=O)C=CC1=O)C1CC1)Cn1c-3cc2c(c1=O)COC(=O)[C@@]2(C)O. The van der Waals surface area contributed by atoms with E-state index in [1.165, 1.54) is 29.7 Å². The monoisotopic (exact) mass is 1070 g/mol. The molecule has 22 nitrogen and oxygen atoms in total. The molecule has 4 aromatic rings. The van der Waals surface area contributed by atoms with Gasteiger partial charge >= 0.3 is 5.97 Å². The molecule has 3 aliphatic heterocycles. The van der Waals surface area contributed by atoms with Crippen LogP contribution in [0.2, 0.25) is 0 Å². The van der Waals surface area contributed by atoms with E-state index >= 15 is 4.39 Å². The molecule has 78 heavy (non-hydrogen) atoms. The summed E-state index contributed by atoms with van der Waals surface area (Å²) in [4.78, 5) is 137. The number of aromatic nitrogens is 2. The number of esters is 1. The van der Waals surface area contributed by atoms with Gasteiger partial charge in [-0.1, -0.05) is 36.8 Å². The Morgan fingerprint density at radius 1 is 0.872 bits per heavy atom. The van der Waals surface area contributed by atoms with E-state index < -0.39 is 90.3 Å². The van der Waals surface area contributed by atoms with Gasteiger partial charge in [-0.15, -0.1) is 0 Å². The van der Waals surface area contributed by atoms with Crippen LogP contribution in [0.4, 0.5) is 4.39 Å². The number of ether oxygens (including phenoxy) is 2. The highest BCUT2D eigenvalue weighted by atomic mass is 19.1. The Balaban J connectivity index is 0.785. The highest BCUT2D eigenvalue weighted by Gasteiger charge is 2.45. The number of halogens is 1. The normalized spacial score (nSPS) is 18.6. The molecular formula is C55H60FN9O13. The third-order valence-corrected chi connectivity index (χ3v) is 15.1. The molecule has 2 aliphatic carbocycles. The molecule has 2 aromatic carbocycles. The lowest BCUT2D eigenvalue weighted by molar-refractivity contribution is -0.169. The highest BCUT2D eigenvalue weighted by Crippen LogP contribution is 2.48. The van der Waals surface area contributed by atoms with E-state index in [9.17, 15) is 53.1 Å². The number of hydrogen-bond donors (Lipinski definition) is 6. The lowest BCUT2D eigenvalue weighted by atomic mass is 9.81. The van der Waals surface area contributed by atoms with Gasteiger partial charge in [0.05, 0.1) is 54.7 Å². The third kappa shape index (κ3) is 11.4. The first kappa shape index (κ1) is 54.6. The van der Waals surface area contributed by atoms with E-state index in [4.69, 9.17) is 14.5 Å². The number of benzene rings is 2. The van der Waals surface area contributed by atoms with E-state index in [0.29, 0.717) is 89.5 Å². The number of rotatable bonds is 22. The van der Waals surface area contributed by atoms with Crippen molar-refractivity contribution >= 4 is 64.1 Å². The second-order valence-corrected chi connectivity index (χ2v) is 20.4. The number of aliphatic hydroxyl groups is 1. The molecule has 2 aromatic heterocycles. The minimum atomic E-state index is -2.10. The number of cyclic esters (lactones) is 1. The quantitative estimate of drug-likeness (QED) is 0.0244. The van der Waals surface area contributed by atoms with Crippen LogP contribution in [0.3, 0.4) is 0 Å². The minimum Gasteiger partial charge on any atom is -0.458 e. The summed E-state index contributed by atoms with van der Waals surface area (Å²) in [7, 11) is 1.66. The molecule has 0 saturated heterocycles.